The number of hydrogen-bond acceptors (Lipinski definition) is 3. The van der Waals surface area contributed by atoms with Crippen LogP contribution >= 0.6 is 0 Å². The fraction of sp³-hybridized carbons (Fsp3) is 0.529. The summed E-state index contributed by atoms with van der Waals surface area (Å²) in [5, 5.41) is 0. The van der Waals surface area contributed by atoms with Gasteiger partial charge in [0.05, 0.1) is 0 Å². The average molecular weight is 276 g/mol. The van der Waals surface area contributed by atoms with Crippen molar-refractivity contribution >= 4 is 12.3 Å². The van der Waals surface area contributed by atoms with Crippen molar-refractivity contribution in [1.82, 2.24) is 0 Å². The summed E-state index contributed by atoms with van der Waals surface area (Å²) in [5.41, 5.74) is 2.11. The van der Waals surface area contributed by atoms with Crippen molar-refractivity contribution in [3.8, 4) is 5.75 Å². The smallest absolute Gasteiger partial charge is 0.311 e. The van der Waals surface area contributed by atoms with Crippen molar-refractivity contribution in [1.29, 1.82) is 0 Å². The van der Waals surface area contributed by atoms with E-state index in [2.05, 4.69) is 27.7 Å². The van der Waals surface area contributed by atoms with Gasteiger partial charge >= 0.3 is 5.97 Å². The van der Waals surface area contributed by atoms with Crippen molar-refractivity contribution in [3.05, 3.63) is 29.3 Å². The first-order chi connectivity index (χ1) is 9.47. The lowest BCUT2D eigenvalue weighted by molar-refractivity contribution is -0.134. The number of unbranched alkanes of at least 4 members (excludes halogenated alkanes) is 1. The van der Waals surface area contributed by atoms with E-state index in [1.165, 1.54) is 0 Å². The lowest BCUT2D eigenvalue weighted by Crippen LogP contribution is -2.12. The maximum atomic E-state index is 11.9. The molecule has 110 valence electrons. The van der Waals surface area contributed by atoms with Crippen LogP contribution in [0.25, 0.3) is 0 Å². The summed E-state index contributed by atoms with van der Waals surface area (Å²) in [4.78, 5) is 22.2. The molecule has 0 heterocycles. The van der Waals surface area contributed by atoms with E-state index in [-0.39, 0.29) is 12.4 Å². The summed E-state index contributed by atoms with van der Waals surface area (Å²) in [6, 6.07) is 6.02. The molecule has 0 atom stereocenters. The van der Waals surface area contributed by atoms with Gasteiger partial charge in [-0.1, -0.05) is 45.9 Å². The number of rotatable bonds is 7. The number of hydrogen-bond donors (Lipinski definition) is 0. The summed E-state index contributed by atoms with van der Waals surface area (Å²) < 4.78 is 5.59. The van der Waals surface area contributed by atoms with Gasteiger partial charge in [0.25, 0.3) is 0 Å². The summed E-state index contributed by atoms with van der Waals surface area (Å²) in [6.45, 7) is 8.35. The maximum Gasteiger partial charge on any atom is 0.311 e. The fourth-order valence-corrected chi connectivity index (χ4v) is 2.10. The van der Waals surface area contributed by atoms with Crippen molar-refractivity contribution < 1.29 is 14.3 Å². The minimum absolute atomic E-state index is 0.262. The molecule has 0 aliphatic carbocycles. The number of carbonyl (C=O) groups is 2. The molecule has 1 aromatic rings. The Kier molecular flexibility index (Phi) is 6.43. The molecule has 3 heteroatoms. The standard InChI is InChI=1S/C17H24O3/c1-12(2)14-8-7-9-15(13(3)4)17(14)20-16(19)10-5-6-11-18/h7-9,11-13H,5-6,10H2,1-4H3. The van der Waals surface area contributed by atoms with Crippen LogP contribution in [-0.2, 0) is 9.59 Å². The predicted molar refractivity (Wildman–Crippen MR) is 80.2 cm³/mol. The highest BCUT2D eigenvalue weighted by molar-refractivity contribution is 5.74. The Balaban J connectivity index is 2.95. The van der Waals surface area contributed by atoms with E-state index in [0.29, 0.717) is 30.4 Å². The first-order valence-corrected chi connectivity index (χ1v) is 7.24. The lowest BCUT2D eigenvalue weighted by Gasteiger charge is -2.18. The molecule has 0 fully saturated rings. The second-order valence-corrected chi connectivity index (χ2v) is 5.61. The van der Waals surface area contributed by atoms with Gasteiger partial charge in [0.1, 0.15) is 12.0 Å². The van der Waals surface area contributed by atoms with Crippen LogP contribution in [0.1, 0.15) is 69.9 Å². The Morgan fingerprint density at radius 3 is 2.15 bits per heavy atom. The van der Waals surface area contributed by atoms with Crippen LogP contribution < -0.4 is 4.74 Å². The molecule has 0 radical (unpaired) electrons. The molecule has 0 aliphatic heterocycles. The van der Waals surface area contributed by atoms with Gasteiger partial charge in [-0.25, -0.2) is 0 Å². The number of benzene rings is 1. The third-order valence-electron chi connectivity index (χ3n) is 3.24. The van der Waals surface area contributed by atoms with Gasteiger partial charge < -0.3 is 9.53 Å². The zero-order valence-electron chi connectivity index (χ0n) is 12.8. The topological polar surface area (TPSA) is 43.4 Å². The third-order valence-corrected chi connectivity index (χ3v) is 3.24. The Morgan fingerprint density at radius 2 is 1.70 bits per heavy atom. The van der Waals surface area contributed by atoms with E-state index in [0.717, 1.165) is 17.4 Å². The summed E-state index contributed by atoms with van der Waals surface area (Å²) >= 11 is 0. The molecule has 0 unspecified atom stereocenters. The number of aldehydes is 1. The van der Waals surface area contributed by atoms with E-state index < -0.39 is 0 Å². The van der Waals surface area contributed by atoms with Gasteiger partial charge in [0, 0.05) is 12.8 Å². The Labute approximate surface area is 121 Å². The van der Waals surface area contributed by atoms with Gasteiger partial charge in [-0.15, -0.1) is 0 Å². The second-order valence-electron chi connectivity index (χ2n) is 5.61. The molecular formula is C17H24O3. The van der Waals surface area contributed by atoms with Gasteiger partial charge in [0.15, 0.2) is 0 Å². The second kappa shape index (κ2) is 7.83. The normalized spacial score (nSPS) is 10.9. The minimum atomic E-state index is -0.262. The first kappa shape index (κ1) is 16.4. The van der Waals surface area contributed by atoms with Gasteiger partial charge in [-0.2, -0.15) is 0 Å². The first-order valence-electron chi connectivity index (χ1n) is 7.24. The Bertz CT molecular complexity index is 435. The van der Waals surface area contributed by atoms with Crippen molar-refractivity contribution in [3.63, 3.8) is 0 Å². The molecule has 0 saturated carbocycles. The zero-order valence-corrected chi connectivity index (χ0v) is 12.8. The highest BCUT2D eigenvalue weighted by Gasteiger charge is 2.17. The number of carbonyl (C=O) groups excluding carboxylic acids is 2. The van der Waals surface area contributed by atoms with E-state index in [1.54, 1.807) is 0 Å². The Morgan fingerprint density at radius 1 is 1.15 bits per heavy atom. The number of para-hydroxylation sites is 1. The van der Waals surface area contributed by atoms with Crippen LogP contribution in [0, 0.1) is 0 Å². The van der Waals surface area contributed by atoms with Crippen molar-refractivity contribution in [2.24, 2.45) is 0 Å². The molecule has 3 nitrogen and oxygen atoms in total. The molecule has 0 saturated heterocycles. The Hall–Kier alpha value is -1.64. The van der Waals surface area contributed by atoms with Crippen LogP contribution in [0.2, 0.25) is 0 Å². The van der Waals surface area contributed by atoms with Crippen molar-refractivity contribution in [2.75, 3.05) is 0 Å². The SMILES string of the molecule is CC(C)c1cccc(C(C)C)c1OC(=O)CCCC=O. The molecule has 0 spiro atoms. The molecule has 0 bridgehead atoms. The van der Waals surface area contributed by atoms with Crippen LogP contribution in [0.3, 0.4) is 0 Å². The van der Waals surface area contributed by atoms with E-state index in [4.69, 9.17) is 4.74 Å². The molecule has 1 rings (SSSR count). The summed E-state index contributed by atoms with van der Waals surface area (Å²) in [5.74, 6) is 1.04. The molecule has 0 N–H and O–H groups in total. The molecule has 0 aromatic heterocycles. The monoisotopic (exact) mass is 276 g/mol. The van der Waals surface area contributed by atoms with E-state index in [1.807, 2.05) is 18.2 Å². The van der Waals surface area contributed by atoms with Gasteiger partial charge in [-0.05, 0) is 29.4 Å². The van der Waals surface area contributed by atoms with Crippen LogP contribution in [0.15, 0.2) is 18.2 Å². The maximum absolute atomic E-state index is 11.9. The lowest BCUT2D eigenvalue weighted by atomic mass is 9.94. The molecule has 20 heavy (non-hydrogen) atoms. The predicted octanol–water partition coefficient (Wildman–Crippen LogP) is 4.21. The van der Waals surface area contributed by atoms with E-state index >= 15 is 0 Å². The molecule has 1 aromatic carbocycles. The van der Waals surface area contributed by atoms with Crippen LogP contribution in [0.4, 0.5) is 0 Å². The zero-order chi connectivity index (χ0) is 15.1. The summed E-state index contributed by atoms with van der Waals surface area (Å²) in [7, 11) is 0. The largest absolute Gasteiger partial charge is 0.426 e. The van der Waals surface area contributed by atoms with Crippen LogP contribution in [-0.4, -0.2) is 12.3 Å². The minimum Gasteiger partial charge on any atom is -0.426 e. The summed E-state index contributed by atoms with van der Waals surface area (Å²) in [6.07, 6.45) is 2.05. The van der Waals surface area contributed by atoms with Gasteiger partial charge in [-0.3, -0.25) is 4.79 Å². The molecule has 0 amide bonds. The van der Waals surface area contributed by atoms with Crippen molar-refractivity contribution in [2.45, 2.75) is 58.8 Å². The quantitative estimate of drug-likeness (QED) is 0.324. The average Bonchev–Trinajstić information content (AvgIpc) is 2.38. The van der Waals surface area contributed by atoms with Gasteiger partial charge in [0.2, 0.25) is 0 Å². The highest BCUT2D eigenvalue weighted by Crippen LogP contribution is 2.34. The van der Waals surface area contributed by atoms with E-state index in [9.17, 15) is 9.59 Å². The molecular weight excluding hydrogens is 252 g/mol. The van der Waals surface area contributed by atoms with Crippen LogP contribution in [0.5, 0.6) is 5.75 Å². The fourth-order valence-electron chi connectivity index (χ4n) is 2.10. The number of esters is 1. The third kappa shape index (κ3) is 4.48. The molecule has 0 aliphatic rings. The number of ether oxygens (including phenoxy) is 1. The highest BCUT2D eigenvalue weighted by atomic mass is 16.5.